The normalized spacial score (nSPS) is 22.9. The lowest BCUT2D eigenvalue weighted by atomic mass is 9.97. The van der Waals surface area contributed by atoms with Crippen molar-refractivity contribution in [2.75, 3.05) is 13.1 Å². The molecule has 0 bridgehead atoms. The van der Waals surface area contributed by atoms with Crippen LogP contribution in [0, 0.1) is 16.0 Å². The molecule has 1 heterocycles. The summed E-state index contributed by atoms with van der Waals surface area (Å²) < 4.78 is 0. The van der Waals surface area contributed by atoms with Crippen molar-refractivity contribution in [2.45, 2.75) is 19.4 Å². The molecular weight excluding hydrogens is 246 g/mol. The molecule has 1 saturated heterocycles. The minimum absolute atomic E-state index is 0.0400. The van der Waals surface area contributed by atoms with E-state index in [9.17, 15) is 14.9 Å². The van der Waals surface area contributed by atoms with Crippen LogP contribution in [0.3, 0.4) is 0 Å². The van der Waals surface area contributed by atoms with E-state index in [1.807, 2.05) is 0 Å². The summed E-state index contributed by atoms with van der Waals surface area (Å²) in [4.78, 5) is 22.7. The van der Waals surface area contributed by atoms with E-state index in [1.165, 1.54) is 17.0 Å². The molecule has 19 heavy (non-hydrogen) atoms. The van der Waals surface area contributed by atoms with Crippen LogP contribution in [0.25, 0.3) is 0 Å². The number of primary amides is 1. The molecule has 1 amide bonds. The summed E-state index contributed by atoms with van der Waals surface area (Å²) in [6.45, 7) is 2.55. The molecule has 1 aromatic rings. The van der Waals surface area contributed by atoms with Crippen LogP contribution in [0.4, 0.5) is 5.69 Å². The maximum atomic E-state index is 11.2. The van der Waals surface area contributed by atoms with Gasteiger partial charge in [-0.05, 0) is 25.0 Å². The Morgan fingerprint density at radius 3 is 2.68 bits per heavy atom. The first-order chi connectivity index (χ1) is 9.06. The van der Waals surface area contributed by atoms with Crippen LogP contribution < -0.4 is 10.6 Å². The number of benzene rings is 1. The largest absolute Gasteiger partial charge is 0.369 e. The molecule has 2 atom stereocenters. The van der Waals surface area contributed by atoms with Crippen molar-refractivity contribution in [2.24, 2.45) is 11.7 Å². The van der Waals surface area contributed by atoms with Gasteiger partial charge in [-0.3, -0.25) is 14.9 Å². The lowest BCUT2D eigenvalue weighted by molar-refractivity contribution is -0.921. The van der Waals surface area contributed by atoms with Crippen LogP contribution in [0.2, 0.25) is 0 Å². The third-order valence-corrected chi connectivity index (χ3v) is 3.62. The Bertz CT molecular complexity index is 473. The molecule has 2 rings (SSSR count). The molecule has 102 valence electrons. The number of hydrogen-bond acceptors (Lipinski definition) is 3. The van der Waals surface area contributed by atoms with Gasteiger partial charge in [-0.1, -0.05) is 0 Å². The molecule has 1 aliphatic heterocycles. The summed E-state index contributed by atoms with van der Waals surface area (Å²) in [7, 11) is 0. The van der Waals surface area contributed by atoms with Crippen LogP contribution in [-0.4, -0.2) is 23.9 Å². The van der Waals surface area contributed by atoms with Crippen molar-refractivity contribution in [3.63, 3.8) is 0 Å². The Kier molecular flexibility index (Phi) is 4.11. The number of nitro benzene ring substituents is 1. The van der Waals surface area contributed by atoms with Crippen LogP contribution in [0.5, 0.6) is 0 Å². The predicted octanol–water partition coefficient (Wildman–Crippen LogP) is -0.125. The first-order valence-corrected chi connectivity index (χ1v) is 6.42. The highest BCUT2D eigenvalue weighted by Gasteiger charge is 2.26. The van der Waals surface area contributed by atoms with E-state index in [0.29, 0.717) is 0 Å². The average Bonchev–Trinajstić information content (AvgIpc) is 2.39. The summed E-state index contributed by atoms with van der Waals surface area (Å²) in [5.41, 5.74) is 6.50. The Morgan fingerprint density at radius 2 is 2.11 bits per heavy atom. The fourth-order valence-electron chi connectivity index (χ4n) is 2.58. The molecule has 0 radical (unpaired) electrons. The molecule has 3 N–H and O–H groups in total. The van der Waals surface area contributed by atoms with Crippen molar-refractivity contribution in [3.8, 4) is 0 Å². The Hall–Kier alpha value is -1.95. The summed E-state index contributed by atoms with van der Waals surface area (Å²) in [6.07, 6.45) is 1.87. The number of rotatable bonds is 4. The minimum Gasteiger partial charge on any atom is -0.369 e. The molecular formula is C13H18N3O3+. The van der Waals surface area contributed by atoms with Crippen molar-refractivity contribution in [1.82, 2.24) is 0 Å². The van der Waals surface area contributed by atoms with E-state index < -0.39 is 4.92 Å². The number of non-ortho nitro benzene ring substituents is 1. The van der Waals surface area contributed by atoms with Crippen LogP contribution in [0.15, 0.2) is 24.3 Å². The molecule has 1 aliphatic rings. The maximum absolute atomic E-state index is 11.2. The SMILES string of the molecule is NC(=O)[C@H]1CCC[NH+](Cc2ccc([N+](=O)[O-])cc2)C1. The molecule has 6 nitrogen and oxygen atoms in total. The Labute approximate surface area is 111 Å². The Morgan fingerprint density at radius 1 is 1.42 bits per heavy atom. The number of nitrogens with two attached hydrogens (primary N) is 1. The van der Waals surface area contributed by atoms with Gasteiger partial charge >= 0.3 is 0 Å². The van der Waals surface area contributed by atoms with Gasteiger partial charge in [-0.25, -0.2) is 0 Å². The third kappa shape index (κ3) is 3.51. The van der Waals surface area contributed by atoms with E-state index in [0.717, 1.165) is 38.0 Å². The van der Waals surface area contributed by atoms with Gasteiger partial charge in [0.05, 0.1) is 23.9 Å². The highest BCUT2D eigenvalue weighted by atomic mass is 16.6. The summed E-state index contributed by atoms with van der Waals surface area (Å²) in [6, 6.07) is 6.59. The lowest BCUT2D eigenvalue weighted by Crippen LogP contribution is -3.12. The van der Waals surface area contributed by atoms with Gasteiger partial charge in [-0.15, -0.1) is 0 Å². The average molecular weight is 264 g/mol. The van der Waals surface area contributed by atoms with Crippen LogP contribution in [-0.2, 0) is 11.3 Å². The smallest absolute Gasteiger partial charge is 0.269 e. The van der Waals surface area contributed by atoms with Crippen molar-refractivity contribution >= 4 is 11.6 Å². The van der Waals surface area contributed by atoms with Gasteiger partial charge in [0.15, 0.2) is 0 Å². The number of hydrogen-bond donors (Lipinski definition) is 2. The van der Waals surface area contributed by atoms with E-state index in [-0.39, 0.29) is 17.5 Å². The summed E-state index contributed by atoms with van der Waals surface area (Å²) in [5, 5.41) is 10.6. The standard InChI is InChI=1S/C13H17N3O3/c14-13(17)11-2-1-7-15(9-11)8-10-3-5-12(6-4-10)16(18)19/h3-6,11H,1-2,7-9H2,(H2,14,17)/p+1/t11-/m0/s1. The van der Waals surface area contributed by atoms with Gasteiger partial charge in [0.1, 0.15) is 6.54 Å². The first-order valence-electron chi connectivity index (χ1n) is 6.42. The molecule has 6 heteroatoms. The number of likely N-dealkylation sites (tertiary alicyclic amines) is 1. The zero-order valence-electron chi connectivity index (χ0n) is 10.7. The summed E-state index contributed by atoms with van der Waals surface area (Å²) >= 11 is 0. The highest BCUT2D eigenvalue weighted by molar-refractivity contribution is 5.76. The lowest BCUT2D eigenvalue weighted by Gasteiger charge is -2.28. The van der Waals surface area contributed by atoms with Crippen molar-refractivity contribution in [3.05, 3.63) is 39.9 Å². The second kappa shape index (κ2) is 5.79. The second-order valence-corrected chi connectivity index (χ2v) is 5.05. The number of nitrogens with one attached hydrogen (secondary N) is 1. The molecule has 1 unspecified atom stereocenters. The van der Waals surface area contributed by atoms with Crippen molar-refractivity contribution < 1.29 is 14.6 Å². The van der Waals surface area contributed by atoms with Gasteiger partial charge in [-0.2, -0.15) is 0 Å². The first kappa shape index (κ1) is 13.5. The molecule has 0 saturated carbocycles. The van der Waals surface area contributed by atoms with Gasteiger partial charge in [0.25, 0.3) is 5.69 Å². The number of carbonyl (C=O) groups is 1. The third-order valence-electron chi connectivity index (χ3n) is 3.62. The van der Waals surface area contributed by atoms with Crippen LogP contribution >= 0.6 is 0 Å². The fraction of sp³-hybridized carbons (Fsp3) is 0.462. The monoisotopic (exact) mass is 264 g/mol. The minimum atomic E-state index is -0.402. The van der Waals surface area contributed by atoms with Gasteiger partial charge < -0.3 is 10.6 Å². The van der Waals surface area contributed by atoms with E-state index in [1.54, 1.807) is 12.1 Å². The molecule has 0 aliphatic carbocycles. The van der Waals surface area contributed by atoms with Crippen molar-refractivity contribution in [1.29, 1.82) is 0 Å². The van der Waals surface area contributed by atoms with Gasteiger partial charge in [0.2, 0.25) is 5.91 Å². The number of nitro groups is 1. The number of nitrogens with zero attached hydrogens (tertiary/aromatic N) is 1. The molecule has 0 spiro atoms. The molecule has 1 aromatic carbocycles. The fourth-order valence-corrected chi connectivity index (χ4v) is 2.58. The predicted molar refractivity (Wildman–Crippen MR) is 69.4 cm³/mol. The number of piperidine rings is 1. The number of amides is 1. The summed E-state index contributed by atoms with van der Waals surface area (Å²) in [5.74, 6) is -0.261. The maximum Gasteiger partial charge on any atom is 0.269 e. The zero-order valence-corrected chi connectivity index (χ0v) is 10.7. The van der Waals surface area contributed by atoms with Crippen LogP contribution in [0.1, 0.15) is 18.4 Å². The highest BCUT2D eigenvalue weighted by Crippen LogP contribution is 2.12. The topological polar surface area (TPSA) is 90.7 Å². The number of carbonyl (C=O) groups excluding carboxylic acids is 1. The quantitative estimate of drug-likeness (QED) is 0.586. The molecule has 0 aromatic heterocycles. The zero-order chi connectivity index (χ0) is 13.8. The molecule has 1 fully saturated rings. The Balaban J connectivity index is 1.96. The second-order valence-electron chi connectivity index (χ2n) is 5.05. The van der Waals surface area contributed by atoms with E-state index >= 15 is 0 Å². The van der Waals surface area contributed by atoms with Gasteiger partial charge in [0, 0.05) is 17.7 Å². The van der Waals surface area contributed by atoms with E-state index in [4.69, 9.17) is 5.73 Å². The van der Waals surface area contributed by atoms with E-state index in [2.05, 4.69) is 0 Å². The number of quaternary nitrogens is 1.